The lowest BCUT2D eigenvalue weighted by Crippen LogP contribution is -2.56. The van der Waals surface area contributed by atoms with Crippen LogP contribution in [0.2, 0.25) is 0 Å². The Morgan fingerprint density at radius 3 is 2.14 bits per heavy atom. The number of hydrogen-bond donors (Lipinski definition) is 1. The molecule has 1 heterocycles. The van der Waals surface area contributed by atoms with Gasteiger partial charge in [0.15, 0.2) is 5.96 Å². The number of halogens is 6. The topological polar surface area (TPSA) is 30.9 Å². The van der Waals surface area contributed by atoms with E-state index in [1.165, 1.54) is 17.0 Å². The molecular weight excluding hydrogens is 398 g/mol. The van der Waals surface area contributed by atoms with E-state index in [0.717, 1.165) is 19.1 Å². The first-order valence-electron chi connectivity index (χ1n) is 8.95. The maximum Gasteiger partial charge on any atom is 0.416 e. The molecule has 1 N–H and O–H groups in total. The van der Waals surface area contributed by atoms with Crippen molar-refractivity contribution in [1.82, 2.24) is 15.1 Å². The summed E-state index contributed by atoms with van der Waals surface area (Å²) in [5.74, 6) is 6.08. The minimum absolute atomic E-state index is 0.201. The van der Waals surface area contributed by atoms with Gasteiger partial charge in [0.1, 0.15) is 6.04 Å². The third-order valence-corrected chi connectivity index (χ3v) is 4.63. The van der Waals surface area contributed by atoms with Gasteiger partial charge in [-0.2, -0.15) is 26.3 Å². The average molecular weight is 420 g/mol. The van der Waals surface area contributed by atoms with Gasteiger partial charge in [-0.25, -0.2) is 0 Å². The Morgan fingerprint density at radius 2 is 1.66 bits per heavy atom. The molecule has 1 fully saturated rings. The zero-order valence-corrected chi connectivity index (χ0v) is 16.0. The van der Waals surface area contributed by atoms with Crippen LogP contribution >= 0.6 is 0 Å². The molecule has 1 aliphatic heterocycles. The summed E-state index contributed by atoms with van der Waals surface area (Å²) in [6, 6.07) is 3.04. The van der Waals surface area contributed by atoms with Gasteiger partial charge in [0.25, 0.3) is 0 Å². The lowest BCUT2D eigenvalue weighted by atomic mass is 10.1. The van der Waals surface area contributed by atoms with Crippen molar-refractivity contribution < 1.29 is 26.3 Å². The zero-order valence-electron chi connectivity index (χ0n) is 16.0. The Balaban J connectivity index is 1.84. The molecule has 1 atom stereocenters. The lowest BCUT2D eigenvalue weighted by Gasteiger charge is -2.39. The van der Waals surface area contributed by atoms with E-state index >= 15 is 0 Å². The Hall–Kier alpha value is -2.41. The Labute approximate surface area is 165 Å². The van der Waals surface area contributed by atoms with E-state index in [1.807, 2.05) is 4.90 Å². The Bertz CT molecular complexity index is 750. The number of rotatable bonds is 2. The number of hydrogen-bond acceptors (Lipinski definition) is 2. The maximum absolute atomic E-state index is 12.8. The predicted molar refractivity (Wildman–Crippen MR) is 98.3 cm³/mol. The van der Waals surface area contributed by atoms with E-state index in [1.54, 1.807) is 7.05 Å². The highest BCUT2D eigenvalue weighted by Gasteiger charge is 2.41. The van der Waals surface area contributed by atoms with E-state index in [4.69, 9.17) is 0 Å². The van der Waals surface area contributed by atoms with Crippen LogP contribution in [0.25, 0.3) is 0 Å². The highest BCUT2D eigenvalue weighted by molar-refractivity contribution is 5.80. The van der Waals surface area contributed by atoms with Crippen molar-refractivity contribution in [2.45, 2.75) is 25.3 Å². The minimum atomic E-state index is -4.39. The molecular formula is C19H22F6N4. The standard InChI is InChI=1S/C19H22F6N4/c1-14(18(20,21)22)28-10-12-29(13-11-28)17(26-2)27-9-3-4-15-5-7-16(8-6-15)19(23,24)25/h5-8,14H,9-13H2,1-2H3,(H,26,27). The highest BCUT2D eigenvalue weighted by atomic mass is 19.4. The fraction of sp³-hybridized carbons (Fsp3) is 0.526. The number of aliphatic imine (C=N–C) groups is 1. The number of nitrogens with one attached hydrogen (secondary N) is 1. The molecule has 10 heteroatoms. The van der Waals surface area contributed by atoms with Gasteiger partial charge >= 0.3 is 12.4 Å². The second-order valence-corrected chi connectivity index (χ2v) is 6.52. The minimum Gasteiger partial charge on any atom is -0.345 e. The monoisotopic (exact) mass is 420 g/mol. The molecule has 29 heavy (non-hydrogen) atoms. The third-order valence-electron chi connectivity index (χ3n) is 4.63. The molecule has 1 unspecified atom stereocenters. The quantitative estimate of drug-likeness (QED) is 0.345. The normalized spacial score (nSPS) is 17.5. The van der Waals surface area contributed by atoms with Gasteiger partial charge in [-0.3, -0.25) is 9.89 Å². The van der Waals surface area contributed by atoms with Crippen LogP contribution in [0.15, 0.2) is 29.3 Å². The molecule has 2 rings (SSSR count). The largest absolute Gasteiger partial charge is 0.416 e. The number of nitrogens with zero attached hydrogens (tertiary/aromatic N) is 3. The van der Waals surface area contributed by atoms with Gasteiger partial charge in [-0.15, -0.1) is 0 Å². The summed E-state index contributed by atoms with van der Waals surface area (Å²) in [5.41, 5.74) is -0.287. The van der Waals surface area contributed by atoms with Crippen molar-refractivity contribution in [3.63, 3.8) is 0 Å². The summed E-state index contributed by atoms with van der Waals surface area (Å²) in [6.07, 6.45) is -8.64. The number of guanidine groups is 1. The van der Waals surface area contributed by atoms with Crippen LogP contribution in [0, 0.1) is 11.8 Å². The molecule has 0 saturated carbocycles. The van der Waals surface area contributed by atoms with Crippen LogP contribution in [-0.2, 0) is 6.18 Å². The van der Waals surface area contributed by atoms with Crippen LogP contribution in [0.4, 0.5) is 26.3 Å². The van der Waals surface area contributed by atoms with Gasteiger partial charge in [0, 0.05) is 38.8 Å². The van der Waals surface area contributed by atoms with E-state index in [-0.39, 0.29) is 19.6 Å². The molecule has 4 nitrogen and oxygen atoms in total. The Kier molecular flexibility index (Phi) is 7.41. The van der Waals surface area contributed by atoms with Crippen molar-refractivity contribution in [3.05, 3.63) is 35.4 Å². The second kappa shape index (κ2) is 9.39. The van der Waals surface area contributed by atoms with Crippen molar-refractivity contribution in [1.29, 1.82) is 0 Å². The van der Waals surface area contributed by atoms with Gasteiger partial charge in [0.2, 0.25) is 0 Å². The predicted octanol–water partition coefficient (Wildman–Crippen LogP) is 3.20. The molecule has 160 valence electrons. The molecule has 1 saturated heterocycles. The maximum atomic E-state index is 12.8. The summed E-state index contributed by atoms with van der Waals surface area (Å²) in [4.78, 5) is 7.34. The van der Waals surface area contributed by atoms with E-state index < -0.39 is 24.0 Å². The van der Waals surface area contributed by atoms with Crippen LogP contribution in [-0.4, -0.2) is 67.7 Å². The summed E-state index contributed by atoms with van der Waals surface area (Å²) in [7, 11) is 1.57. The van der Waals surface area contributed by atoms with E-state index in [0.29, 0.717) is 24.6 Å². The zero-order chi connectivity index (χ0) is 21.7. The van der Waals surface area contributed by atoms with Crippen molar-refractivity contribution in [2.24, 2.45) is 4.99 Å². The van der Waals surface area contributed by atoms with Crippen LogP contribution in [0.3, 0.4) is 0 Å². The number of alkyl halides is 6. The summed E-state index contributed by atoms with van der Waals surface area (Å²) >= 11 is 0. The van der Waals surface area contributed by atoms with Crippen molar-refractivity contribution >= 4 is 5.96 Å². The SMILES string of the molecule is CN=C(NCC#Cc1ccc(C(F)(F)F)cc1)N1CCN(C(C)C(F)(F)F)CC1. The van der Waals surface area contributed by atoms with Crippen molar-refractivity contribution in [2.75, 3.05) is 39.8 Å². The molecule has 0 bridgehead atoms. The fourth-order valence-corrected chi connectivity index (χ4v) is 2.87. The first-order valence-corrected chi connectivity index (χ1v) is 8.95. The molecule has 0 amide bonds. The van der Waals surface area contributed by atoms with Gasteiger partial charge in [0.05, 0.1) is 12.1 Å². The fourth-order valence-electron chi connectivity index (χ4n) is 2.87. The van der Waals surface area contributed by atoms with E-state index in [9.17, 15) is 26.3 Å². The molecule has 0 aromatic heterocycles. The first-order chi connectivity index (χ1) is 13.5. The van der Waals surface area contributed by atoms with Crippen LogP contribution < -0.4 is 5.32 Å². The summed E-state index contributed by atoms with van der Waals surface area (Å²) in [5, 5.41) is 3.00. The van der Waals surface area contributed by atoms with Crippen molar-refractivity contribution in [3.8, 4) is 11.8 Å². The Morgan fingerprint density at radius 1 is 1.07 bits per heavy atom. The average Bonchev–Trinajstić information content (AvgIpc) is 2.67. The molecule has 1 aliphatic rings. The molecule has 0 aliphatic carbocycles. The number of benzene rings is 1. The summed E-state index contributed by atoms with van der Waals surface area (Å²) < 4.78 is 76.1. The molecule has 0 spiro atoms. The summed E-state index contributed by atoms with van der Waals surface area (Å²) in [6.45, 7) is 2.67. The van der Waals surface area contributed by atoms with Gasteiger partial charge in [-0.1, -0.05) is 11.8 Å². The second-order valence-electron chi connectivity index (χ2n) is 6.52. The first kappa shape index (κ1) is 22.9. The van der Waals surface area contributed by atoms with Gasteiger partial charge in [-0.05, 0) is 31.2 Å². The van der Waals surface area contributed by atoms with Gasteiger partial charge < -0.3 is 10.2 Å². The van der Waals surface area contributed by atoms with Crippen LogP contribution in [0.5, 0.6) is 0 Å². The molecule has 1 aromatic rings. The van der Waals surface area contributed by atoms with Crippen LogP contribution in [0.1, 0.15) is 18.1 Å². The smallest absolute Gasteiger partial charge is 0.345 e. The number of piperazine rings is 1. The molecule has 1 aromatic carbocycles. The molecule has 0 radical (unpaired) electrons. The highest BCUT2D eigenvalue weighted by Crippen LogP contribution is 2.29. The lowest BCUT2D eigenvalue weighted by molar-refractivity contribution is -0.181. The van der Waals surface area contributed by atoms with E-state index in [2.05, 4.69) is 22.2 Å². The third kappa shape index (κ3) is 6.56.